The Balaban J connectivity index is 2.76. The third-order valence-corrected chi connectivity index (χ3v) is 1.90. The van der Waals surface area contributed by atoms with Gasteiger partial charge in [-0.05, 0) is 19.1 Å². The summed E-state index contributed by atoms with van der Waals surface area (Å²) in [5.74, 6) is -0.487. The molecule has 0 aliphatic heterocycles. The molecule has 1 aromatic heterocycles. The summed E-state index contributed by atoms with van der Waals surface area (Å²) in [7, 11) is 0. The van der Waals surface area contributed by atoms with Gasteiger partial charge in [-0.1, -0.05) is 0 Å². The zero-order valence-electron chi connectivity index (χ0n) is 8.18. The first-order valence-electron chi connectivity index (χ1n) is 4.29. The summed E-state index contributed by atoms with van der Waals surface area (Å²) >= 11 is 5.46. The summed E-state index contributed by atoms with van der Waals surface area (Å²) in [6, 6.07) is 1.90. The molecule has 0 fully saturated rings. The van der Waals surface area contributed by atoms with E-state index < -0.39 is 23.0 Å². The van der Waals surface area contributed by atoms with E-state index >= 15 is 0 Å². The van der Waals surface area contributed by atoms with Crippen LogP contribution < -0.4 is 5.32 Å². The fourth-order valence-corrected chi connectivity index (χ4v) is 0.916. The molecule has 0 bridgehead atoms. The number of alkyl halides is 4. The maximum atomic E-state index is 12.2. The van der Waals surface area contributed by atoms with Crippen molar-refractivity contribution in [2.45, 2.75) is 18.5 Å². The van der Waals surface area contributed by atoms with Crippen molar-refractivity contribution in [1.82, 2.24) is 4.98 Å². The smallest absolute Gasteiger partial charge is 0.309 e. The number of pyridine rings is 1. The van der Waals surface area contributed by atoms with E-state index in [0.29, 0.717) is 6.20 Å². The molecule has 1 atom stereocenters. The number of hydrogen-bond donors (Lipinski definition) is 1. The van der Waals surface area contributed by atoms with Crippen LogP contribution in [0.25, 0.3) is 0 Å². The number of halogens is 4. The summed E-state index contributed by atoms with van der Waals surface area (Å²) < 4.78 is 36.5. The Morgan fingerprint density at radius 2 is 2.12 bits per heavy atom. The van der Waals surface area contributed by atoms with Gasteiger partial charge in [0.2, 0.25) is 5.91 Å². The van der Waals surface area contributed by atoms with E-state index in [1.54, 1.807) is 0 Å². The molecule has 0 aliphatic rings. The third kappa shape index (κ3) is 3.37. The molecule has 1 N–H and O–H groups in total. The number of anilines is 1. The minimum absolute atomic E-state index is 0.0329. The van der Waals surface area contributed by atoms with Crippen LogP contribution in [0.15, 0.2) is 18.3 Å². The summed E-state index contributed by atoms with van der Waals surface area (Å²) in [5, 5.41) is 1.50. The van der Waals surface area contributed by atoms with Gasteiger partial charge in [0.05, 0.1) is 5.56 Å². The molecule has 16 heavy (non-hydrogen) atoms. The van der Waals surface area contributed by atoms with Crippen LogP contribution in [0.1, 0.15) is 12.5 Å². The van der Waals surface area contributed by atoms with Crippen LogP contribution in [-0.2, 0) is 11.0 Å². The average molecular weight is 253 g/mol. The number of nitrogens with zero attached hydrogens (tertiary/aromatic N) is 1. The van der Waals surface area contributed by atoms with Crippen LogP contribution in [-0.4, -0.2) is 16.3 Å². The highest BCUT2D eigenvalue weighted by atomic mass is 35.5. The second kappa shape index (κ2) is 4.69. The highest BCUT2D eigenvalue weighted by Gasteiger charge is 2.30. The van der Waals surface area contributed by atoms with Crippen molar-refractivity contribution in [3.05, 3.63) is 23.9 Å². The van der Waals surface area contributed by atoms with Crippen LogP contribution in [0.2, 0.25) is 0 Å². The largest absolute Gasteiger partial charge is 0.417 e. The van der Waals surface area contributed by atoms with Gasteiger partial charge < -0.3 is 5.32 Å². The molecule has 1 unspecified atom stereocenters. The van der Waals surface area contributed by atoms with Gasteiger partial charge in [-0.3, -0.25) is 4.79 Å². The molecule has 0 saturated carbocycles. The minimum Gasteiger partial charge on any atom is -0.309 e. The molecule has 0 aromatic carbocycles. The van der Waals surface area contributed by atoms with Crippen molar-refractivity contribution in [2.24, 2.45) is 0 Å². The second-order valence-corrected chi connectivity index (χ2v) is 3.69. The summed E-state index contributed by atoms with van der Waals surface area (Å²) in [6.07, 6.45) is -3.79. The Kier molecular flexibility index (Phi) is 3.74. The van der Waals surface area contributed by atoms with Crippen molar-refractivity contribution >= 4 is 23.3 Å². The number of carbonyl (C=O) groups excluding carboxylic acids is 1. The molecule has 0 aliphatic carbocycles. The molecule has 1 heterocycles. The van der Waals surface area contributed by atoms with Gasteiger partial charge in [0.1, 0.15) is 11.2 Å². The lowest BCUT2D eigenvalue weighted by atomic mass is 10.3. The Labute approximate surface area is 94.6 Å². The molecule has 1 amide bonds. The Morgan fingerprint density at radius 3 is 2.50 bits per heavy atom. The first-order chi connectivity index (χ1) is 7.30. The lowest BCUT2D eigenvalue weighted by Crippen LogP contribution is -2.21. The normalized spacial score (nSPS) is 13.3. The first-order valence-corrected chi connectivity index (χ1v) is 4.72. The fraction of sp³-hybridized carbons (Fsp3) is 0.333. The van der Waals surface area contributed by atoms with E-state index in [4.69, 9.17) is 11.6 Å². The van der Waals surface area contributed by atoms with E-state index in [2.05, 4.69) is 10.3 Å². The highest BCUT2D eigenvalue weighted by molar-refractivity contribution is 6.32. The Hall–Kier alpha value is -1.30. The predicted molar refractivity (Wildman–Crippen MR) is 53.2 cm³/mol. The highest BCUT2D eigenvalue weighted by Crippen LogP contribution is 2.28. The van der Waals surface area contributed by atoms with E-state index in [9.17, 15) is 18.0 Å². The zero-order chi connectivity index (χ0) is 12.3. The molecule has 0 spiro atoms. The van der Waals surface area contributed by atoms with Crippen molar-refractivity contribution in [3.8, 4) is 0 Å². The summed E-state index contributed by atoms with van der Waals surface area (Å²) in [5.41, 5.74) is -0.871. The topological polar surface area (TPSA) is 42.0 Å². The number of rotatable bonds is 2. The third-order valence-electron chi connectivity index (χ3n) is 1.70. The van der Waals surface area contributed by atoms with Gasteiger partial charge in [-0.15, -0.1) is 11.6 Å². The zero-order valence-corrected chi connectivity index (χ0v) is 8.93. The molecule has 1 rings (SSSR count). The molecule has 88 valence electrons. The van der Waals surface area contributed by atoms with Crippen LogP contribution in [0.5, 0.6) is 0 Å². The molecule has 3 nitrogen and oxygen atoms in total. The van der Waals surface area contributed by atoms with Crippen LogP contribution in [0, 0.1) is 0 Å². The molecule has 7 heteroatoms. The summed E-state index contributed by atoms with van der Waals surface area (Å²) in [6.45, 7) is 1.45. The van der Waals surface area contributed by atoms with Crippen molar-refractivity contribution in [2.75, 3.05) is 5.32 Å². The van der Waals surface area contributed by atoms with E-state index in [1.807, 2.05) is 0 Å². The van der Waals surface area contributed by atoms with Gasteiger partial charge in [0, 0.05) is 6.20 Å². The molecular weight excluding hydrogens is 245 g/mol. The van der Waals surface area contributed by atoms with Crippen LogP contribution >= 0.6 is 11.6 Å². The average Bonchev–Trinajstić information content (AvgIpc) is 2.17. The van der Waals surface area contributed by atoms with Crippen molar-refractivity contribution in [1.29, 1.82) is 0 Å². The lowest BCUT2D eigenvalue weighted by molar-refractivity contribution is -0.137. The monoisotopic (exact) mass is 252 g/mol. The molecule has 0 radical (unpaired) electrons. The standard InChI is InChI=1S/C9H8ClF3N2O/c1-5(10)8(16)15-7-3-2-6(4-14-7)9(11,12)13/h2-5H,1H3,(H,14,15,16). The van der Waals surface area contributed by atoms with Gasteiger partial charge in [-0.25, -0.2) is 4.98 Å². The molecule has 0 saturated heterocycles. The van der Waals surface area contributed by atoms with E-state index in [-0.39, 0.29) is 5.82 Å². The Bertz CT molecular complexity index is 375. The quantitative estimate of drug-likeness (QED) is 0.822. The first kappa shape index (κ1) is 12.8. The maximum absolute atomic E-state index is 12.2. The summed E-state index contributed by atoms with van der Waals surface area (Å²) in [4.78, 5) is 14.5. The van der Waals surface area contributed by atoms with Gasteiger partial charge >= 0.3 is 6.18 Å². The molecule has 1 aromatic rings. The van der Waals surface area contributed by atoms with Gasteiger partial charge in [0.15, 0.2) is 0 Å². The SMILES string of the molecule is CC(Cl)C(=O)Nc1ccc(C(F)(F)F)cn1. The van der Waals surface area contributed by atoms with Crippen molar-refractivity contribution < 1.29 is 18.0 Å². The number of nitrogens with one attached hydrogen (secondary N) is 1. The van der Waals surface area contributed by atoms with E-state index in [1.165, 1.54) is 6.92 Å². The number of hydrogen-bond acceptors (Lipinski definition) is 2. The number of aromatic nitrogens is 1. The lowest BCUT2D eigenvalue weighted by Gasteiger charge is -2.08. The van der Waals surface area contributed by atoms with Crippen LogP contribution in [0.4, 0.5) is 19.0 Å². The van der Waals surface area contributed by atoms with Crippen molar-refractivity contribution in [3.63, 3.8) is 0 Å². The van der Waals surface area contributed by atoms with Gasteiger partial charge in [0.25, 0.3) is 0 Å². The fourth-order valence-electron chi connectivity index (χ4n) is 0.861. The van der Waals surface area contributed by atoms with Gasteiger partial charge in [-0.2, -0.15) is 13.2 Å². The number of amides is 1. The second-order valence-electron chi connectivity index (χ2n) is 3.04. The molecular formula is C9H8ClF3N2O. The minimum atomic E-state index is -4.44. The maximum Gasteiger partial charge on any atom is 0.417 e. The predicted octanol–water partition coefficient (Wildman–Crippen LogP) is 2.67. The van der Waals surface area contributed by atoms with Crippen LogP contribution in [0.3, 0.4) is 0 Å². The Morgan fingerprint density at radius 1 is 1.50 bits per heavy atom. The van der Waals surface area contributed by atoms with E-state index in [0.717, 1.165) is 12.1 Å². The number of carbonyl (C=O) groups is 1.